The van der Waals surface area contributed by atoms with Crippen LogP contribution < -0.4 is 10.6 Å². The van der Waals surface area contributed by atoms with Crippen LogP contribution >= 0.6 is 23.2 Å². The number of carbonyl (C=O) groups is 1. The molecule has 2 heterocycles. The molecule has 2 saturated heterocycles. The van der Waals surface area contributed by atoms with Crippen LogP contribution in [0.5, 0.6) is 0 Å². The summed E-state index contributed by atoms with van der Waals surface area (Å²) < 4.78 is 36.8. The molecular formula is C28H31Cl2F2N3O4. The van der Waals surface area contributed by atoms with Gasteiger partial charge in [0.15, 0.2) is 0 Å². The van der Waals surface area contributed by atoms with E-state index in [-0.39, 0.29) is 40.1 Å². The summed E-state index contributed by atoms with van der Waals surface area (Å²) in [6.45, 7) is 0.669. The van der Waals surface area contributed by atoms with E-state index in [1.807, 2.05) is 0 Å². The van der Waals surface area contributed by atoms with Crippen molar-refractivity contribution >= 4 is 29.1 Å². The van der Waals surface area contributed by atoms with Gasteiger partial charge in [0, 0.05) is 42.3 Å². The van der Waals surface area contributed by atoms with Gasteiger partial charge in [-0.15, -0.1) is 0 Å². The van der Waals surface area contributed by atoms with Gasteiger partial charge in [-0.1, -0.05) is 41.4 Å². The number of carbonyl (C=O) groups excluding carboxylic acids is 1. The van der Waals surface area contributed by atoms with Gasteiger partial charge in [0.2, 0.25) is 5.91 Å². The predicted molar refractivity (Wildman–Crippen MR) is 142 cm³/mol. The topological polar surface area (TPSA) is 115 Å². The molecule has 0 aromatic heterocycles. The molecule has 0 aliphatic carbocycles. The van der Waals surface area contributed by atoms with E-state index in [9.17, 15) is 15.2 Å². The highest BCUT2D eigenvalue weighted by Crippen LogP contribution is 2.52. The molecule has 4 unspecified atom stereocenters. The molecule has 4 N–H and O–H groups in total. The molecule has 0 radical (unpaired) electrons. The third kappa shape index (κ3) is 6.07. The third-order valence-electron chi connectivity index (χ3n) is 7.81. The largest absolute Gasteiger partial charge is 0.394 e. The number of nitriles is 1. The number of amides is 1. The van der Waals surface area contributed by atoms with Crippen molar-refractivity contribution in [3.8, 4) is 6.07 Å². The molecule has 2 aliphatic heterocycles. The van der Waals surface area contributed by atoms with Gasteiger partial charge in [-0.2, -0.15) is 5.26 Å². The fourth-order valence-corrected chi connectivity index (χ4v) is 6.20. The molecule has 2 aliphatic rings. The van der Waals surface area contributed by atoms with Crippen LogP contribution in [0.4, 0.5) is 8.78 Å². The first-order valence-corrected chi connectivity index (χ1v) is 13.7. The SMILES string of the molecule is N#CC1(c2ccc(Cl)cc2F)C(CC2CCOCC2)NC(C(=O)NCC[C@H](O)CO)C1c1cccc(Cl)c1F. The highest BCUT2D eigenvalue weighted by atomic mass is 35.5. The Morgan fingerprint density at radius 3 is 2.67 bits per heavy atom. The summed E-state index contributed by atoms with van der Waals surface area (Å²) in [6.07, 6.45) is 0.950. The number of benzene rings is 2. The van der Waals surface area contributed by atoms with Crippen molar-refractivity contribution in [2.45, 2.75) is 55.2 Å². The average molecular weight is 582 g/mol. The quantitative estimate of drug-likeness (QED) is 0.358. The maximum atomic E-state index is 15.7. The second-order valence-corrected chi connectivity index (χ2v) is 11.0. The van der Waals surface area contributed by atoms with E-state index in [0.717, 1.165) is 18.9 Å². The van der Waals surface area contributed by atoms with Gasteiger partial charge < -0.3 is 25.6 Å². The highest BCUT2D eigenvalue weighted by molar-refractivity contribution is 6.31. The van der Waals surface area contributed by atoms with Gasteiger partial charge in [0.25, 0.3) is 0 Å². The average Bonchev–Trinajstić information content (AvgIpc) is 3.25. The minimum atomic E-state index is -1.70. The van der Waals surface area contributed by atoms with Gasteiger partial charge in [-0.25, -0.2) is 8.78 Å². The van der Waals surface area contributed by atoms with Crippen molar-refractivity contribution in [3.63, 3.8) is 0 Å². The zero-order valence-electron chi connectivity index (χ0n) is 21.2. The first kappa shape index (κ1) is 29.7. The number of aliphatic hydroxyl groups excluding tert-OH is 2. The van der Waals surface area contributed by atoms with Gasteiger partial charge in [0.05, 0.1) is 29.8 Å². The molecule has 2 aromatic rings. The first-order chi connectivity index (χ1) is 18.7. The summed E-state index contributed by atoms with van der Waals surface area (Å²) in [7, 11) is 0. The zero-order chi connectivity index (χ0) is 28.2. The lowest BCUT2D eigenvalue weighted by atomic mass is 9.63. The van der Waals surface area contributed by atoms with Crippen LogP contribution in [0.25, 0.3) is 0 Å². The van der Waals surface area contributed by atoms with Crippen molar-refractivity contribution in [3.05, 3.63) is 69.2 Å². The maximum absolute atomic E-state index is 15.7. The number of rotatable bonds is 9. The predicted octanol–water partition coefficient (Wildman–Crippen LogP) is 3.83. The van der Waals surface area contributed by atoms with Gasteiger partial charge >= 0.3 is 0 Å². The van der Waals surface area contributed by atoms with E-state index >= 15 is 8.78 Å². The maximum Gasteiger partial charge on any atom is 0.237 e. The molecule has 2 fully saturated rings. The van der Waals surface area contributed by atoms with Crippen molar-refractivity contribution in [2.75, 3.05) is 26.4 Å². The minimum absolute atomic E-state index is 0.00865. The van der Waals surface area contributed by atoms with Crippen molar-refractivity contribution in [1.82, 2.24) is 10.6 Å². The summed E-state index contributed by atoms with van der Waals surface area (Å²) in [5.74, 6) is -3.11. The molecule has 11 heteroatoms. The van der Waals surface area contributed by atoms with Crippen LogP contribution in [-0.2, 0) is 14.9 Å². The Hall–Kier alpha value is -2.32. The Morgan fingerprint density at radius 1 is 1.26 bits per heavy atom. The van der Waals surface area contributed by atoms with E-state index in [2.05, 4.69) is 16.7 Å². The monoisotopic (exact) mass is 581 g/mol. The van der Waals surface area contributed by atoms with Crippen molar-refractivity contribution in [2.24, 2.45) is 5.92 Å². The standard InChI is InChI=1S/C28H31Cl2F2N3O4/c29-17-4-5-20(22(31)13-17)28(15-33)23(12-16-7-10-39-11-8-16)35-26(27(38)34-9-6-18(37)14-36)24(28)19-2-1-3-21(30)25(19)32/h1-5,13,16,18,23-24,26,35-37H,6-12,14H2,(H,34,38)/t18-,23?,24?,26?,28?/m0/s1. The molecule has 2 aromatic carbocycles. The second kappa shape index (κ2) is 12.9. The number of halogens is 4. The lowest BCUT2D eigenvalue weighted by Gasteiger charge is -2.37. The van der Waals surface area contributed by atoms with Gasteiger partial charge in [-0.3, -0.25) is 4.79 Å². The molecule has 4 rings (SSSR count). The summed E-state index contributed by atoms with van der Waals surface area (Å²) in [5.41, 5.74) is -1.68. The number of hydrogen-bond donors (Lipinski definition) is 4. The Balaban J connectivity index is 1.86. The van der Waals surface area contributed by atoms with E-state index in [0.29, 0.717) is 19.6 Å². The highest BCUT2D eigenvalue weighted by Gasteiger charge is 2.60. The Kier molecular flexibility index (Phi) is 9.81. The normalized spacial score (nSPS) is 26.2. The number of nitrogens with zero attached hydrogens (tertiary/aromatic N) is 1. The number of hydrogen-bond acceptors (Lipinski definition) is 6. The molecule has 0 bridgehead atoms. The number of nitrogens with one attached hydrogen (secondary N) is 2. The first-order valence-electron chi connectivity index (χ1n) is 12.9. The van der Waals surface area contributed by atoms with Gasteiger partial charge in [0.1, 0.15) is 17.0 Å². The van der Waals surface area contributed by atoms with Crippen LogP contribution in [0, 0.1) is 28.9 Å². The van der Waals surface area contributed by atoms with Crippen molar-refractivity contribution < 1.29 is 28.5 Å². The Morgan fingerprint density at radius 2 is 2.00 bits per heavy atom. The lowest BCUT2D eigenvalue weighted by molar-refractivity contribution is -0.123. The fourth-order valence-electron chi connectivity index (χ4n) is 5.86. The number of ether oxygens (including phenoxy) is 1. The van der Waals surface area contributed by atoms with Crippen LogP contribution in [-0.4, -0.2) is 60.7 Å². The smallest absolute Gasteiger partial charge is 0.237 e. The Labute approximate surface area is 236 Å². The van der Waals surface area contributed by atoms with E-state index < -0.39 is 53.7 Å². The molecule has 1 amide bonds. The van der Waals surface area contributed by atoms with Crippen LogP contribution in [0.2, 0.25) is 10.0 Å². The van der Waals surface area contributed by atoms with Crippen LogP contribution in [0.15, 0.2) is 36.4 Å². The molecule has 5 atom stereocenters. The molecule has 7 nitrogen and oxygen atoms in total. The summed E-state index contributed by atoms with van der Waals surface area (Å²) >= 11 is 12.2. The minimum Gasteiger partial charge on any atom is -0.394 e. The summed E-state index contributed by atoms with van der Waals surface area (Å²) in [6, 6.07) is 8.80. The van der Waals surface area contributed by atoms with E-state index in [1.54, 1.807) is 0 Å². The zero-order valence-corrected chi connectivity index (χ0v) is 22.7. The molecule has 0 spiro atoms. The number of aliphatic hydroxyl groups is 2. The fraction of sp³-hybridized carbons (Fsp3) is 0.500. The van der Waals surface area contributed by atoms with E-state index in [4.69, 9.17) is 33.0 Å². The van der Waals surface area contributed by atoms with E-state index in [1.165, 1.54) is 30.3 Å². The second-order valence-electron chi connectivity index (χ2n) is 10.1. The molecule has 210 valence electrons. The molecule has 0 saturated carbocycles. The van der Waals surface area contributed by atoms with Crippen LogP contribution in [0.1, 0.15) is 42.7 Å². The van der Waals surface area contributed by atoms with Crippen molar-refractivity contribution in [1.29, 1.82) is 5.26 Å². The van der Waals surface area contributed by atoms with Gasteiger partial charge in [-0.05, 0) is 55.4 Å². The molecular weight excluding hydrogens is 551 g/mol. The molecule has 39 heavy (non-hydrogen) atoms. The Bertz CT molecular complexity index is 1220. The summed E-state index contributed by atoms with van der Waals surface area (Å²) in [4.78, 5) is 13.6. The summed E-state index contributed by atoms with van der Waals surface area (Å²) in [5, 5.41) is 35.6. The lowest BCUT2D eigenvalue weighted by Crippen LogP contribution is -2.46. The third-order valence-corrected chi connectivity index (χ3v) is 8.34. The van der Waals surface area contributed by atoms with Crippen LogP contribution in [0.3, 0.4) is 0 Å².